The number of alkyl halides is 1. The van der Waals surface area contributed by atoms with Gasteiger partial charge in [0.2, 0.25) is 5.91 Å². The van der Waals surface area contributed by atoms with Gasteiger partial charge in [0.25, 0.3) is 0 Å². The van der Waals surface area contributed by atoms with E-state index in [0.29, 0.717) is 10.2 Å². The maximum Gasteiger partial charge on any atom is 0.325 e. The molecule has 1 rings (SSSR count). The van der Waals surface area contributed by atoms with Gasteiger partial charge in [0.15, 0.2) is 0 Å². The molecule has 17 heavy (non-hydrogen) atoms. The number of nitrogens with one attached hydrogen (secondary N) is 2. The molecule has 0 aromatic heterocycles. The number of rotatable bonds is 2. The highest BCUT2D eigenvalue weighted by Crippen LogP contribution is 2.35. The molecule has 0 saturated carbocycles. The van der Waals surface area contributed by atoms with Gasteiger partial charge in [-0.15, -0.1) is 11.6 Å². The van der Waals surface area contributed by atoms with Crippen LogP contribution >= 0.6 is 50.7 Å². The van der Waals surface area contributed by atoms with E-state index < -0.39 is 11.9 Å². The fraction of sp³-hybridized carbons (Fsp3) is 0.111. The van der Waals surface area contributed by atoms with E-state index in [1.807, 2.05) is 5.32 Å². The fourth-order valence-electron chi connectivity index (χ4n) is 0.936. The van der Waals surface area contributed by atoms with E-state index in [1.165, 1.54) is 0 Å². The molecule has 3 amide bonds. The van der Waals surface area contributed by atoms with Gasteiger partial charge in [-0.05, 0) is 28.1 Å². The fourth-order valence-corrected chi connectivity index (χ4v) is 1.82. The Morgan fingerprint density at radius 2 is 1.88 bits per heavy atom. The minimum absolute atomic E-state index is 0.175. The van der Waals surface area contributed by atoms with Crippen molar-refractivity contribution in [3.05, 3.63) is 26.7 Å². The first kappa shape index (κ1) is 14.6. The minimum atomic E-state index is -0.726. The predicted molar refractivity (Wildman–Crippen MR) is 72.0 cm³/mol. The average Bonchev–Trinajstić information content (AvgIpc) is 2.29. The molecule has 0 unspecified atom stereocenters. The summed E-state index contributed by atoms with van der Waals surface area (Å²) >= 11 is 20.2. The summed E-state index contributed by atoms with van der Waals surface area (Å²) in [5.74, 6) is -0.911. The Balaban J connectivity index is 2.79. The van der Waals surface area contributed by atoms with Crippen LogP contribution in [0, 0.1) is 0 Å². The zero-order valence-electron chi connectivity index (χ0n) is 8.19. The third-order valence-corrected chi connectivity index (χ3v) is 3.67. The number of halogens is 4. The molecule has 0 bridgehead atoms. The summed E-state index contributed by atoms with van der Waals surface area (Å²) in [6.07, 6.45) is 0. The normalized spacial score (nSPS) is 9.88. The summed E-state index contributed by atoms with van der Waals surface area (Å²) < 4.78 is 0.604. The number of carbonyl (C=O) groups excluding carboxylic acids is 2. The lowest BCUT2D eigenvalue weighted by Gasteiger charge is -2.09. The lowest BCUT2D eigenvalue weighted by Crippen LogP contribution is -2.35. The molecule has 4 nitrogen and oxygen atoms in total. The highest BCUT2D eigenvalue weighted by molar-refractivity contribution is 9.10. The third kappa shape index (κ3) is 4.03. The van der Waals surface area contributed by atoms with E-state index in [1.54, 1.807) is 12.1 Å². The monoisotopic (exact) mass is 358 g/mol. The highest BCUT2D eigenvalue weighted by Gasteiger charge is 2.12. The molecule has 92 valence electrons. The number of benzene rings is 1. The zero-order valence-corrected chi connectivity index (χ0v) is 12.0. The highest BCUT2D eigenvalue weighted by atomic mass is 79.9. The van der Waals surface area contributed by atoms with E-state index in [0.717, 1.165) is 0 Å². The quantitative estimate of drug-likeness (QED) is 0.625. The summed E-state index contributed by atoms with van der Waals surface area (Å²) in [5.41, 5.74) is 0.291. The summed E-state index contributed by atoms with van der Waals surface area (Å²) in [7, 11) is 0. The Hall–Kier alpha value is -0.490. The number of imide groups is 1. The van der Waals surface area contributed by atoms with Crippen LogP contribution in [0.2, 0.25) is 10.0 Å². The molecule has 0 aliphatic carbocycles. The van der Waals surface area contributed by atoms with Crippen molar-refractivity contribution in [3.63, 3.8) is 0 Å². The maximum absolute atomic E-state index is 11.3. The van der Waals surface area contributed by atoms with Crippen molar-refractivity contribution in [1.29, 1.82) is 0 Å². The molecule has 0 saturated heterocycles. The number of hydrogen-bond acceptors (Lipinski definition) is 2. The minimum Gasteiger partial charge on any atom is -0.306 e. The van der Waals surface area contributed by atoms with E-state index in [9.17, 15) is 9.59 Å². The van der Waals surface area contributed by atoms with Crippen molar-refractivity contribution >= 4 is 68.4 Å². The molecule has 1 aromatic carbocycles. The Labute approximate surface area is 121 Å². The van der Waals surface area contributed by atoms with E-state index in [2.05, 4.69) is 21.2 Å². The van der Waals surface area contributed by atoms with Crippen molar-refractivity contribution in [2.75, 3.05) is 11.2 Å². The van der Waals surface area contributed by atoms with Gasteiger partial charge in [-0.2, -0.15) is 0 Å². The Bertz CT molecular complexity index is 468. The Morgan fingerprint density at radius 1 is 1.24 bits per heavy atom. The molecular weight excluding hydrogens is 354 g/mol. The first-order valence-corrected chi connectivity index (χ1v) is 6.34. The molecule has 0 aliphatic rings. The van der Waals surface area contributed by atoms with Gasteiger partial charge in [-0.25, -0.2) is 4.79 Å². The molecule has 0 spiro atoms. The van der Waals surface area contributed by atoms with Crippen LogP contribution in [-0.4, -0.2) is 17.8 Å². The molecule has 0 aliphatic heterocycles. The maximum atomic E-state index is 11.3. The topological polar surface area (TPSA) is 58.2 Å². The van der Waals surface area contributed by atoms with E-state index >= 15 is 0 Å². The standard InChI is InChI=1S/C9H6BrCl3N2O2/c10-4-1-2-5(8(13)7(4)12)14-9(17)15-6(16)3-11/h1-2H,3H2,(H2,14,15,16,17). The van der Waals surface area contributed by atoms with E-state index in [4.69, 9.17) is 34.8 Å². The van der Waals surface area contributed by atoms with Gasteiger partial charge in [0.05, 0.1) is 15.7 Å². The lowest BCUT2D eigenvalue weighted by molar-refractivity contribution is -0.117. The summed E-state index contributed by atoms with van der Waals surface area (Å²) in [5, 5.41) is 4.83. The second-order valence-corrected chi connectivity index (χ2v) is 4.74. The molecule has 8 heteroatoms. The second kappa shape index (κ2) is 6.44. The van der Waals surface area contributed by atoms with Crippen LogP contribution in [0.4, 0.5) is 10.5 Å². The van der Waals surface area contributed by atoms with Crippen molar-refractivity contribution in [1.82, 2.24) is 5.32 Å². The summed E-state index contributed by atoms with van der Waals surface area (Å²) in [4.78, 5) is 22.2. The van der Waals surface area contributed by atoms with Crippen LogP contribution in [0.15, 0.2) is 16.6 Å². The van der Waals surface area contributed by atoms with Crippen LogP contribution < -0.4 is 10.6 Å². The van der Waals surface area contributed by atoms with Crippen molar-refractivity contribution in [3.8, 4) is 0 Å². The lowest BCUT2D eigenvalue weighted by atomic mass is 10.3. The summed E-state index contributed by atoms with van der Waals surface area (Å²) in [6, 6.07) is 2.44. The number of carbonyl (C=O) groups is 2. The molecule has 1 aromatic rings. The zero-order chi connectivity index (χ0) is 13.0. The van der Waals surface area contributed by atoms with Gasteiger partial charge in [-0.3, -0.25) is 10.1 Å². The molecule has 2 N–H and O–H groups in total. The average molecular weight is 360 g/mol. The van der Waals surface area contributed by atoms with Gasteiger partial charge in [0, 0.05) is 4.47 Å². The first-order valence-electron chi connectivity index (χ1n) is 4.26. The predicted octanol–water partition coefficient (Wildman–Crippen LogP) is 3.64. The Kier molecular flexibility index (Phi) is 5.52. The first-order chi connectivity index (χ1) is 7.95. The number of urea groups is 1. The van der Waals surface area contributed by atoms with Crippen LogP contribution in [0.3, 0.4) is 0 Å². The van der Waals surface area contributed by atoms with Crippen LogP contribution in [0.5, 0.6) is 0 Å². The van der Waals surface area contributed by atoms with Crippen LogP contribution in [0.25, 0.3) is 0 Å². The number of anilines is 1. The van der Waals surface area contributed by atoms with Gasteiger partial charge in [-0.1, -0.05) is 23.2 Å². The third-order valence-electron chi connectivity index (χ3n) is 1.66. The molecule has 0 fully saturated rings. The second-order valence-electron chi connectivity index (χ2n) is 2.86. The van der Waals surface area contributed by atoms with E-state index in [-0.39, 0.29) is 15.9 Å². The SMILES string of the molecule is O=C(CCl)NC(=O)Nc1ccc(Br)c(Cl)c1Cl. The molecule has 0 atom stereocenters. The largest absolute Gasteiger partial charge is 0.325 e. The van der Waals surface area contributed by atoms with Crippen LogP contribution in [-0.2, 0) is 4.79 Å². The molecule has 0 radical (unpaired) electrons. The smallest absolute Gasteiger partial charge is 0.306 e. The van der Waals surface area contributed by atoms with Crippen molar-refractivity contribution in [2.45, 2.75) is 0 Å². The van der Waals surface area contributed by atoms with Gasteiger partial charge < -0.3 is 5.32 Å². The van der Waals surface area contributed by atoms with Crippen LogP contribution in [0.1, 0.15) is 0 Å². The van der Waals surface area contributed by atoms with Gasteiger partial charge in [0.1, 0.15) is 5.88 Å². The summed E-state index contributed by atoms with van der Waals surface area (Å²) in [6.45, 7) is 0. The molecular formula is C9H6BrCl3N2O2. The number of hydrogen-bond donors (Lipinski definition) is 2. The van der Waals surface area contributed by atoms with Gasteiger partial charge >= 0.3 is 6.03 Å². The van der Waals surface area contributed by atoms with Crippen molar-refractivity contribution < 1.29 is 9.59 Å². The molecule has 0 heterocycles. The Morgan fingerprint density at radius 3 is 2.47 bits per heavy atom. The number of amides is 3. The van der Waals surface area contributed by atoms with Crippen molar-refractivity contribution in [2.24, 2.45) is 0 Å².